The number of aromatic hydroxyl groups is 1. The minimum Gasteiger partial charge on any atom is -0.505 e. The van der Waals surface area contributed by atoms with Crippen molar-refractivity contribution < 1.29 is 5.11 Å². The van der Waals surface area contributed by atoms with Gasteiger partial charge in [-0.25, -0.2) is 0 Å². The highest BCUT2D eigenvalue weighted by Gasteiger charge is 2.31. The van der Waals surface area contributed by atoms with Crippen LogP contribution in [-0.2, 0) is 5.41 Å². The van der Waals surface area contributed by atoms with Crippen molar-refractivity contribution in [1.82, 2.24) is 14.1 Å². The van der Waals surface area contributed by atoms with Crippen molar-refractivity contribution in [3.05, 3.63) is 82.4 Å². The number of fused-ring (bicyclic) bond motifs is 4. The number of phenolic OH excluding ortho intramolecular Hbond substituents is 1. The molecule has 0 atom stereocenters. The van der Waals surface area contributed by atoms with Crippen LogP contribution in [0.4, 0.5) is 0 Å². The highest BCUT2D eigenvalue weighted by atomic mass is 35.5. The van der Waals surface area contributed by atoms with Crippen LogP contribution >= 0.6 is 11.6 Å². The van der Waals surface area contributed by atoms with Crippen molar-refractivity contribution in [2.24, 2.45) is 0 Å². The molecule has 5 heteroatoms. The molecule has 136 valence electrons. The van der Waals surface area contributed by atoms with Crippen molar-refractivity contribution >= 4 is 22.6 Å². The number of hydrogen-bond acceptors (Lipinski definition) is 1. The average molecular weight is 378 g/mol. The predicted molar refractivity (Wildman–Crippen MR) is 109 cm³/mol. The fourth-order valence-corrected chi connectivity index (χ4v) is 4.09. The molecule has 2 heterocycles. The molecule has 0 aliphatic carbocycles. The van der Waals surface area contributed by atoms with Crippen LogP contribution in [0.5, 0.6) is 5.75 Å². The van der Waals surface area contributed by atoms with Gasteiger partial charge in [0, 0.05) is 16.0 Å². The summed E-state index contributed by atoms with van der Waals surface area (Å²) in [7, 11) is 0. The monoisotopic (exact) mass is 377 g/mol. The van der Waals surface area contributed by atoms with Crippen LogP contribution in [0, 0.1) is 6.92 Å². The van der Waals surface area contributed by atoms with Gasteiger partial charge in [-0.15, -0.1) is 14.1 Å². The molecule has 4 nitrogen and oxygen atoms in total. The average Bonchev–Trinajstić information content (AvgIpc) is 3.31. The molecule has 0 bridgehead atoms. The zero-order chi connectivity index (χ0) is 18.9. The first-order chi connectivity index (χ1) is 12.9. The van der Waals surface area contributed by atoms with Crippen LogP contribution < -0.4 is 0 Å². The molecule has 0 saturated carbocycles. The summed E-state index contributed by atoms with van der Waals surface area (Å²) < 4.78 is 4.04. The molecule has 0 saturated heterocycles. The van der Waals surface area contributed by atoms with Crippen molar-refractivity contribution in [1.29, 1.82) is 0 Å². The number of rotatable bonds is 3. The van der Waals surface area contributed by atoms with E-state index in [0.29, 0.717) is 10.8 Å². The molecule has 0 radical (unpaired) electrons. The van der Waals surface area contributed by atoms with Crippen LogP contribution in [-0.4, -0.2) is 19.2 Å². The lowest BCUT2D eigenvalue weighted by Gasteiger charge is -2.27. The Morgan fingerprint density at radius 2 is 1.59 bits per heavy atom. The highest BCUT2D eigenvalue weighted by molar-refractivity contribution is 6.31. The van der Waals surface area contributed by atoms with Gasteiger partial charge in [0.2, 0.25) is 0 Å². The van der Waals surface area contributed by atoms with E-state index < -0.39 is 0 Å². The molecule has 5 aromatic rings. The number of phenols is 1. The lowest BCUT2D eigenvalue weighted by Crippen LogP contribution is -2.19. The quantitative estimate of drug-likeness (QED) is 0.448. The number of benzene rings is 3. The van der Waals surface area contributed by atoms with Gasteiger partial charge in [-0.1, -0.05) is 61.8 Å². The Bertz CT molecular complexity index is 1270. The van der Waals surface area contributed by atoms with E-state index in [1.807, 2.05) is 56.5 Å². The van der Waals surface area contributed by atoms with Crippen LogP contribution in [0.1, 0.15) is 30.5 Å². The molecule has 0 amide bonds. The molecule has 3 aromatic carbocycles. The first kappa shape index (κ1) is 16.3. The van der Waals surface area contributed by atoms with Gasteiger partial charge in [-0.3, -0.25) is 0 Å². The van der Waals surface area contributed by atoms with E-state index in [0.717, 1.165) is 27.8 Å². The number of halogens is 1. The lowest BCUT2D eigenvalue weighted by atomic mass is 9.77. The minimum atomic E-state index is -0.317. The van der Waals surface area contributed by atoms with Crippen molar-refractivity contribution in [3.63, 3.8) is 0 Å². The third-order valence-corrected chi connectivity index (χ3v) is 5.73. The molecule has 0 spiro atoms. The van der Waals surface area contributed by atoms with Crippen molar-refractivity contribution in [2.75, 3.05) is 0 Å². The van der Waals surface area contributed by atoms with E-state index >= 15 is 0 Å². The minimum absolute atomic E-state index is 0.306. The highest BCUT2D eigenvalue weighted by Crippen LogP contribution is 2.42. The summed E-state index contributed by atoms with van der Waals surface area (Å²) in [6, 6.07) is 20.2. The van der Waals surface area contributed by atoms with Gasteiger partial charge in [-0.05, 0) is 42.3 Å². The smallest absolute Gasteiger partial charge is 0.147 e. The Balaban J connectivity index is 1.70. The topological polar surface area (TPSA) is 34.0 Å². The summed E-state index contributed by atoms with van der Waals surface area (Å²) in [4.78, 5) is 1.98. The maximum absolute atomic E-state index is 11.2. The van der Waals surface area contributed by atoms with Crippen LogP contribution in [0.3, 0.4) is 0 Å². The van der Waals surface area contributed by atoms with Crippen LogP contribution in [0.2, 0.25) is 5.02 Å². The van der Waals surface area contributed by atoms with Gasteiger partial charge in [0.25, 0.3) is 0 Å². The zero-order valence-corrected chi connectivity index (χ0v) is 16.2. The Kier molecular flexibility index (Phi) is 3.23. The van der Waals surface area contributed by atoms with E-state index in [2.05, 4.69) is 39.0 Å². The molecule has 0 fully saturated rings. The number of aromatic nitrogens is 3. The summed E-state index contributed by atoms with van der Waals surface area (Å²) in [5, 5.41) is 11.9. The Morgan fingerprint density at radius 3 is 2.33 bits per heavy atom. The molecule has 5 rings (SSSR count). The first-order valence-corrected chi connectivity index (χ1v) is 9.36. The molecule has 1 N–H and O–H groups in total. The molecular weight excluding hydrogens is 358 g/mol. The Hall–Kier alpha value is -2.85. The summed E-state index contributed by atoms with van der Waals surface area (Å²) in [6.07, 6.45) is 0. The number of aryl methyl sites for hydroxylation is 1. The second-order valence-electron chi connectivity index (χ2n) is 7.67. The molecule has 0 aliphatic rings. The lowest BCUT2D eigenvalue weighted by molar-refractivity contribution is 0.449. The maximum atomic E-state index is 11.2. The van der Waals surface area contributed by atoms with E-state index in [1.165, 1.54) is 5.56 Å². The maximum Gasteiger partial charge on any atom is 0.147 e. The van der Waals surface area contributed by atoms with Gasteiger partial charge in [-0.2, -0.15) is 0 Å². The van der Waals surface area contributed by atoms with Gasteiger partial charge >= 0.3 is 0 Å². The van der Waals surface area contributed by atoms with Crippen molar-refractivity contribution in [2.45, 2.75) is 26.2 Å². The number of hydrogen-bond donors (Lipinski definition) is 1. The van der Waals surface area contributed by atoms with Gasteiger partial charge < -0.3 is 5.11 Å². The molecule has 2 aromatic heterocycles. The summed E-state index contributed by atoms with van der Waals surface area (Å²) in [5.41, 5.74) is 5.79. The fraction of sp³-hybridized carbons (Fsp3) is 0.182. The van der Waals surface area contributed by atoms with E-state index in [1.54, 1.807) is 0 Å². The third-order valence-electron chi connectivity index (χ3n) is 5.49. The summed E-state index contributed by atoms with van der Waals surface area (Å²) in [6.45, 7) is 6.35. The van der Waals surface area contributed by atoms with Crippen molar-refractivity contribution in [3.8, 4) is 11.4 Å². The fourth-order valence-electron chi connectivity index (χ4n) is 3.92. The molecular formula is C22H20ClN3O. The Labute approximate surface area is 162 Å². The first-order valence-electron chi connectivity index (χ1n) is 8.99. The third kappa shape index (κ3) is 2.23. The standard InChI is InChI=1S/C22H20ClN3O/c1-14-11-17(22(2,3)15-7-5-4-6-8-15)21(27)20(12-14)26-24-18-10-9-16(23)13-19(18)25(24)26/h4-13,27H,1-3H3. The molecule has 27 heavy (non-hydrogen) atoms. The van der Waals surface area contributed by atoms with E-state index in [4.69, 9.17) is 11.6 Å². The van der Waals surface area contributed by atoms with Gasteiger partial charge in [0.05, 0.1) is 0 Å². The second kappa shape index (κ2) is 5.33. The molecule has 0 aliphatic heterocycles. The predicted octanol–water partition coefficient (Wildman–Crippen LogP) is 5.41. The van der Waals surface area contributed by atoms with Crippen LogP contribution in [0.25, 0.3) is 16.7 Å². The van der Waals surface area contributed by atoms with E-state index in [9.17, 15) is 5.11 Å². The summed E-state index contributed by atoms with van der Waals surface area (Å²) in [5.74, 6) is 0.306. The normalized spacial score (nSPS) is 12.6. The largest absolute Gasteiger partial charge is 0.505 e. The summed E-state index contributed by atoms with van der Waals surface area (Å²) >= 11 is 6.12. The molecule has 0 unspecified atom stereocenters. The van der Waals surface area contributed by atoms with E-state index in [-0.39, 0.29) is 5.41 Å². The zero-order valence-electron chi connectivity index (χ0n) is 15.4. The SMILES string of the molecule is Cc1cc(-n2n3c4ccc(Cl)cc4n23)c(O)c(C(C)(C)c2ccccc2)c1. The van der Waals surface area contributed by atoms with Crippen LogP contribution in [0.15, 0.2) is 60.7 Å². The second-order valence-corrected chi connectivity index (χ2v) is 8.11. The van der Waals surface area contributed by atoms with Gasteiger partial charge in [0.15, 0.2) is 0 Å². The number of nitrogens with zero attached hydrogens (tertiary/aromatic N) is 3. The van der Waals surface area contributed by atoms with Gasteiger partial charge in [0.1, 0.15) is 22.5 Å². The Morgan fingerprint density at radius 1 is 0.889 bits per heavy atom.